The minimum Gasteiger partial charge on any atom is -0.336 e. The van der Waals surface area contributed by atoms with Crippen LogP contribution in [0.3, 0.4) is 0 Å². The predicted molar refractivity (Wildman–Crippen MR) is 94.6 cm³/mol. The molecule has 2 aliphatic heterocycles. The SMILES string of the molecule is O=C(c1ccccc1F)N1CCCCC1CCN1CCCCCC1. The first-order chi connectivity index (χ1) is 11.8. The molecule has 3 nitrogen and oxygen atoms in total. The minimum absolute atomic E-state index is 0.131. The average molecular weight is 332 g/mol. The standard InChI is InChI=1S/C20H29FN2O/c21-19-11-4-3-10-18(19)20(24)23-15-8-5-9-17(23)12-16-22-13-6-1-2-7-14-22/h3-4,10-11,17H,1-2,5-9,12-16H2. The lowest BCUT2D eigenvalue weighted by Gasteiger charge is -2.37. The third kappa shape index (κ3) is 4.35. The third-order valence-electron chi connectivity index (χ3n) is 5.47. The van der Waals surface area contributed by atoms with E-state index in [4.69, 9.17) is 0 Å². The van der Waals surface area contributed by atoms with Crippen molar-refractivity contribution in [2.45, 2.75) is 57.4 Å². The molecule has 2 fully saturated rings. The van der Waals surface area contributed by atoms with Crippen LogP contribution < -0.4 is 0 Å². The average Bonchev–Trinajstić information content (AvgIpc) is 2.89. The van der Waals surface area contributed by atoms with Crippen molar-refractivity contribution in [2.24, 2.45) is 0 Å². The maximum absolute atomic E-state index is 14.0. The molecule has 3 rings (SSSR count). The summed E-state index contributed by atoms with van der Waals surface area (Å²) in [4.78, 5) is 17.3. The van der Waals surface area contributed by atoms with E-state index in [0.717, 1.165) is 32.4 Å². The Balaban J connectivity index is 1.62. The van der Waals surface area contributed by atoms with Gasteiger partial charge in [-0.15, -0.1) is 0 Å². The second kappa shape index (κ2) is 8.61. The zero-order valence-electron chi connectivity index (χ0n) is 14.6. The topological polar surface area (TPSA) is 23.6 Å². The maximum Gasteiger partial charge on any atom is 0.257 e. The number of piperidine rings is 1. The number of carbonyl (C=O) groups excluding carboxylic acids is 1. The number of carbonyl (C=O) groups is 1. The molecule has 1 amide bonds. The highest BCUT2D eigenvalue weighted by Crippen LogP contribution is 2.23. The number of hydrogen-bond acceptors (Lipinski definition) is 2. The van der Waals surface area contributed by atoms with Gasteiger partial charge in [-0.25, -0.2) is 4.39 Å². The fraction of sp³-hybridized carbons (Fsp3) is 0.650. The highest BCUT2D eigenvalue weighted by Gasteiger charge is 2.29. The summed E-state index contributed by atoms with van der Waals surface area (Å²) in [5, 5.41) is 0. The summed E-state index contributed by atoms with van der Waals surface area (Å²) in [6.07, 6.45) is 9.54. The van der Waals surface area contributed by atoms with E-state index in [9.17, 15) is 9.18 Å². The van der Waals surface area contributed by atoms with Crippen LogP contribution in [0.15, 0.2) is 24.3 Å². The lowest BCUT2D eigenvalue weighted by Crippen LogP contribution is -2.45. The molecule has 0 aromatic heterocycles. The van der Waals surface area contributed by atoms with E-state index >= 15 is 0 Å². The zero-order valence-corrected chi connectivity index (χ0v) is 14.6. The molecule has 2 heterocycles. The molecule has 2 saturated heterocycles. The summed E-state index contributed by atoms with van der Waals surface area (Å²) >= 11 is 0. The van der Waals surface area contributed by atoms with E-state index in [1.807, 2.05) is 4.90 Å². The highest BCUT2D eigenvalue weighted by molar-refractivity contribution is 5.94. The molecular weight excluding hydrogens is 303 g/mol. The largest absolute Gasteiger partial charge is 0.336 e. The van der Waals surface area contributed by atoms with Crippen LogP contribution in [0.4, 0.5) is 4.39 Å². The normalized spacial score (nSPS) is 23.0. The van der Waals surface area contributed by atoms with Gasteiger partial charge in [0.25, 0.3) is 5.91 Å². The van der Waals surface area contributed by atoms with E-state index in [1.54, 1.807) is 18.2 Å². The molecule has 24 heavy (non-hydrogen) atoms. The van der Waals surface area contributed by atoms with Gasteiger partial charge in [-0.1, -0.05) is 25.0 Å². The van der Waals surface area contributed by atoms with Gasteiger partial charge in [0.15, 0.2) is 0 Å². The summed E-state index contributed by atoms with van der Waals surface area (Å²) in [7, 11) is 0. The molecule has 132 valence electrons. The summed E-state index contributed by atoms with van der Waals surface area (Å²) < 4.78 is 14.0. The summed E-state index contributed by atoms with van der Waals surface area (Å²) in [5.74, 6) is -0.534. The van der Waals surface area contributed by atoms with Gasteiger partial charge in [-0.05, 0) is 63.7 Å². The van der Waals surface area contributed by atoms with Crippen LogP contribution in [0.5, 0.6) is 0 Å². The first-order valence-corrected chi connectivity index (χ1v) is 9.53. The Hall–Kier alpha value is -1.42. The number of likely N-dealkylation sites (tertiary alicyclic amines) is 2. The Kier molecular flexibility index (Phi) is 6.24. The molecule has 0 saturated carbocycles. The van der Waals surface area contributed by atoms with Gasteiger partial charge >= 0.3 is 0 Å². The van der Waals surface area contributed by atoms with E-state index < -0.39 is 5.82 Å². The Morgan fingerprint density at radius 3 is 2.46 bits per heavy atom. The number of hydrogen-bond donors (Lipinski definition) is 0. The lowest BCUT2D eigenvalue weighted by molar-refractivity contribution is 0.0579. The van der Waals surface area contributed by atoms with Crippen LogP contribution in [0, 0.1) is 5.82 Å². The molecular formula is C20H29FN2O. The van der Waals surface area contributed by atoms with Crippen LogP contribution in [0.2, 0.25) is 0 Å². The molecule has 0 radical (unpaired) electrons. The number of nitrogens with zero attached hydrogens (tertiary/aromatic N) is 2. The molecule has 2 aliphatic rings. The van der Waals surface area contributed by atoms with Gasteiger partial charge in [-0.3, -0.25) is 4.79 Å². The fourth-order valence-corrected chi connectivity index (χ4v) is 4.05. The molecule has 1 aromatic carbocycles. The first kappa shape index (κ1) is 17.4. The van der Waals surface area contributed by atoms with Crippen molar-refractivity contribution in [2.75, 3.05) is 26.2 Å². The van der Waals surface area contributed by atoms with Crippen LogP contribution >= 0.6 is 0 Å². The Labute approximate surface area is 144 Å². The zero-order chi connectivity index (χ0) is 16.8. The molecule has 0 bridgehead atoms. The minimum atomic E-state index is -0.403. The fourth-order valence-electron chi connectivity index (χ4n) is 4.05. The molecule has 1 atom stereocenters. The van der Waals surface area contributed by atoms with Crippen molar-refractivity contribution in [3.05, 3.63) is 35.6 Å². The Bertz CT molecular complexity index is 540. The van der Waals surface area contributed by atoms with Crippen molar-refractivity contribution in [1.82, 2.24) is 9.80 Å². The monoisotopic (exact) mass is 332 g/mol. The maximum atomic E-state index is 14.0. The predicted octanol–water partition coefficient (Wildman–Crippen LogP) is 4.09. The van der Waals surface area contributed by atoms with Crippen LogP contribution in [-0.4, -0.2) is 47.9 Å². The van der Waals surface area contributed by atoms with E-state index in [2.05, 4.69) is 4.90 Å². The van der Waals surface area contributed by atoms with Gasteiger partial charge < -0.3 is 9.80 Å². The smallest absolute Gasteiger partial charge is 0.257 e. The number of rotatable bonds is 4. The van der Waals surface area contributed by atoms with E-state index in [1.165, 1.54) is 51.3 Å². The first-order valence-electron chi connectivity index (χ1n) is 9.53. The molecule has 0 aliphatic carbocycles. The quantitative estimate of drug-likeness (QED) is 0.829. The summed E-state index contributed by atoms with van der Waals surface area (Å²) in [6, 6.07) is 6.63. The van der Waals surface area contributed by atoms with Crippen molar-refractivity contribution >= 4 is 5.91 Å². The van der Waals surface area contributed by atoms with Crippen LogP contribution in [0.1, 0.15) is 61.7 Å². The molecule has 0 N–H and O–H groups in total. The van der Waals surface area contributed by atoms with Crippen LogP contribution in [-0.2, 0) is 0 Å². The van der Waals surface area contributed by atoms with Crippen molar-refractivity contribution in [3.8, 4) is 0 Å². The van der Waals surface area contributed by atoms with Crippen molar-refractivity contribution in [3.63, 3.8) is 0 Å². The van der Waals surface area contributed by atoms with Gasteiger partial charge in [0.1, 0.15) is 5.82 Å². The Morgan fingerprint density at radius 2 is 1.71 bits per heavy atom. The summed E-state index contributed by atoms with van der Waals surface area (Å²) in [5.41, 5.74) is 0.221. The molecule has 0 spiro atoms. The second-order valence-corrected chi connectivity index (χ2v) is 7.17. The number of halogens is 1. The van der Waals surface area contributed by atoms with Gasteiger partial charge in [0.05, 0.1) is 5.56 Å². The second-order valence-electron chi connectivity index (χ2n) is 7.17. The molecule has 1 aromatic rings. The van der Waals surface area contributed by atoms with Gasteiger partial charge in [0.2, 0.25) is 0 Å². The Morgan fingerprint density at radius 1 is 1.00 bits per heavy atom. The van der Waals surface area contributed by atoms with Gasteiger partial charge in [0, 0.05) is 19.1 Å². The molecule has 4 heteroatoms. The number of amides is 1. The third-order valence-corrected chi connectivity index (χ3v) is 5.47. The summed E-state index contributed by atoms with van der Waals surface area (Å²) in [6.45, 7) is 4.20. The number of benzene rings is 1. The highest BCUT2D eigenvalue weighted by atomic mass is 19.1. The van der Waals surface area contributed by atoms with Crippen LogP contribution in [0.25, 0.3) is 0 Å². The lowest BCUT2D eigenvalue weighted by atomic mass is 9.97. The van der Waals surface area contributed by atoms with Crippen molar-refractivity contribution in [1.29, 1.82) is 0 Å². The van der Waals surface area contributed by atoms with E-state index in [0.29, 0.717) is 0 Å². The molecule has 1 unspecified atom stereocenters. The van der Waals surface area contributed by atoms with Gasteiger partial charge in [-0.2, -0.15) is 0 Å². The van der Waals surface area contributed by atoms with E-state index in [-0.39, 0.29) is 17.5 Å². The van der Waals surface area contributed by atoms with Crippen molar-refractivity contribution < 1.29 is 9.18 Å².